The molecule has 0 aliphatic carbocycles. The summed E-state index contributed by atoms with van der Waals surface area (Å²) in [5, 5.41) is 0. The fourth-order valence-corrected chi connectivity index (χ4v) is 2.40. The molecule has 0 bridgehead atoms. The first-order valence-electron chi connectivity index (χ1n) is 6.47. The number of hydrogen-bond acceptors (Lipinski definition) is 1. The summed E-state index contributed by atoms with van der Waals surface area (Å²) in [6.45, 7) is 1.93. The van der Waals surface area contributed by atoms with Crippen molar-refractivity contribution in [2.75, 3.05) is 0 Å². The highest BCUT2D eigenvalue weighted by molar-refractivity contribution is 6.13. The van der Waals surface area contributed by atoms with Crippen LogP contribution >= 0.6 is 11.8 Å². The lowest BCUT2D eigenvalue weighted by Crippen LogP contribution is -2.20. The van der Waals surface area contributed by atoms with E-state index in [0.29, 0.717) is 6.42 Å². The molecular weight excluding hydrogens is 280 g/mol. The Morgan fingerprint density at radius 2 is 1.50 bits per heavy atom. The van der Waals surface area contributed by atoms with Crippen LogP contribution in [0.3, 0.4) is 0 Å². The Labute approximate surface area is 122 Å². The van der Waals surface area contributed by atoms with Crippen LogP contribution in [-0.2, 0) is 0 Å². The lowest BCUT2D eigenvalue weighted by atomic mass is 9.86. The van der Waals surface area contributed by atoms with Gasteiger partial charge in [-0.15, -0.1) is 0 Å². The molecule has 0 aliphatic rings. The highest BCUT2D eigenvalue weighted by Gasteiger charge is 2.18. The van der Waals surface area contributed by atoms with Crippen LogP contribution in [0.5, 0.6) is 0 Å². The van der Waals surface area contributed by atoms with E-state index in [1.807, 2.05) is 19.1 Å². The molecule has 0 aromatic heterocycles. The molecule has 1 N–H and O–H groups in total. The molecule has 0 amide bonds. The first-order chi connectivity index (χ1) is 9.60. The first kappa shape index (κ1) is 14.9. The topological polar surface area (TPSA) is 12.0 Å². The van der Waals surface area contributed by atoms with Gasteiger partial charge in [-0.25, -0.2) is 13.6 Å². The molecule has 0 saturated heterocycles. The highest BCUT2D eigenvalue weighted by atomic mass is 35.5. The van der Waals surface area contributed by atoms with Crippen molar-refractivity contribution in [1.82, 2.24) is 4.84 Å². The van der Waals surface area contributed by atoms with Gasteiger partial charge in [-0.2, -0.15) is 0 Å². The van der Waals surface area contributed by atoms with Crippen LogP contribution in [0.15, 0.2) is 48.5 Å². The van der Waals surface area contributed by atoms with Gasteiger partial charge < -0.3 is 0 Å². The van der Waals surface area contributed by atoms with E-state index in [1.165, 1.54) is 24.3 Å². The van der Waals surface area contributed by atoms with Gasteiger partial charge >= 0.3 is 0 Å². The number of benzene rings is 2. The molecule has 2 rings (SSSR count). The van der Waals surface area contributed by atoms with Gasteiger partial charge in [0.05, 0.1) is 0 Å². The zero-order valence-corrected chi connectivity index (χ0v) is 11.9. The minimum absolute atomic E-state index is 0.0215. The van der Waals surface area contributed by atoms with Crippen molar-refractivity contribution in [1.29, 1.82) is 0 Å². The van der Waals surface area contributed by atoms with Gasteiger partial charge in [-0.05, 0) is 60.5 Å². The van der Waals surface area contributed by atoms with E-state index in [1.54, 1.807) is 12.1 Å². The normalized spacial score (nSPS) is 12.7. The summed E-state index contributed by atoms with van der Waals surface area (Å²) < 4.78 is 26.9. The quantitative estimate of drug-likeness (QED) is 0.794. The summed E-state index contributed by atoms with van der Waals surface area (Å²) in [5.74, 6) is -0.701. The van der Waals surface area contributed by atoms with Gasteiger partial charge in [0.15, 0.2) is 0 Å². The van der Waals surface area contributed by atoms with Crippen LogP contribution in [0.4, 0.5) is 8.78 Å². The molecule has 2 aromatic rings. The number of halogens is 3. The Hall–Kier alpha value is -1.45. The molecule has 4 heteroatoms. The zero-order valence-electron chi connectivity index (χ0n) is 11.1. The molecule has 0 spiro atoms. The summed E-state index contributed by atoms with van der Waals surface area (Å²) >= 11 is 5.64. The summed E-state index contributed by atoms with van der Waals surface area (Å²) in [5.41, 5.74) is 1.63. The SMILES string of the molecule is C[C@@H](CC(c1cccc(F)c1)c1cccc(F)c1)NCl. The molecule has 0 aliphatic heterocycles. The Balaban J connectivity index is 2.39. The minimum atomic E-state index is -0.296. The number of hydrogen-bond donors (Lipinski definition) is 1. The average molecular weight is 296 g/mol. The minimum Gasteiger partial charge on any atom is -0.231 e. The Morgan fingerprint density at radius 1 is 1.00 bits per heavy atom. The van der Waals surface area contributed by atoms with E-state index < -0.39 is 0 Å². The Kier molecular flexibility index (Phi) is 5.10. The van der Waals surface area contributed by atoms with Crippen molar-refractivity contribution in [3.63, 3.8) is 0 Å². The third kappa shape index (κ3) is 3.78. The largest absolute Gasteiger partial charge is 0.231 e. The maximum Gasteiger partial charge on any atom is 0.123 e. The second-order valence-corrected chi connectivity index (χ2v) is 5.13. The van der Waals surface area contributed by atoms with E-state index in [-0.39, 0.29) is 23.6 Å². The van der Waals surface area contributed by atoms with Gasteiger partial charge in [-0.3, -0.25) is 0 Å². The number of nitrogens with one attached hydrogen (secondary N) is 1. The van der Waals surface area contributed by atoms with Crippen LogP contribution in [-0.4, -0.2) is 6.04 Å². The third-order valence-corrected chi connectivity index (χ3v) is 3.65. The second-order valence-electron chi connectivity index (χ2n) is 4.91. The van der Waals surface area contributed by atoms with Gasteiger partial charge in [0.2, 0.25) is 0 Å². The molecule has 0 heterocycles. The van der Waals surface area contributed by atoms with Gasteiger partial charge in [-0.1, -0.05) is 24.3 Å². The fourth-order valence-electron chi connectivity index (χ4n) is 2.31. The van der Waals surface area contributed by atoms with E-state index >= 15 is 0 Å². The van der Waals surface area contributed by atoms with Crippen LogP contribution in [0, 0.1) is 11.6 Å². The van der Waals surface area contributed by atoms with Crippen LogP contribution in [0.2, 0.25) is 0 Å². The lowest BCUT2D eigenvalue weighted by Gasteiger charge is -2.21. The zero-order chi connectivity index (χ0) is 14.5. The van der Waals surface area contributed by atoms with Crippen LogP contribution < -0.4 is 4.84 Å². The Bertz CT molecular complexity index is 528. The van der Waals surface area contributed by atoms with E-state index in [9.17, 15) is 8.78 Å². The molecule has 0 unspecified atom stereocenters. The molecule has 1 atom stereocenters. The number of rotatable bonds is 5. The predicted octanol–water partition coefficient (Wildman–Crippen LogP) is 4.62. The molecular formula is C16H16ClF2N. The maximum atomic E-state index is 13.4. The molecule has 20 heavy (non-hydrogen) atoms. The molecule has 0 fully saturated rings. The standard InChI is InChI=1S/C16H16ClF2N/c1-11(20-17)8-16(12-4-2-6-14(18)9-12)13-5-3-7-15(19)10-13/h2-7,9-11,16,20H,8H2,1H3/t11-/m0/s1. The van der Waals surface area contributed by atoms with Gasteiger partial charge in [0.25, 0.3) is 0 Å². The van der Waals surface area contributed by atoms with Gasteiger partial charge in [0.1, 0.15) is 11.6 Å². The van der Waals surface area contributed by atoms with Crippen LogP contribution in [0.1, 0.15) is 30.4 Å². The van der Waals surface area contributed by atoms with Crippen molar-refractivity contribution in [2.24, 2.45) is 0 Å². The van der Waals surface area contributed by atoms with Crippen molar-refractivity contribution >= 4 is 11.8 Å². The molecule has 0 saturated carbocycles. The fraction of sp³-hybridized carbons (Fsp3) is 0.250. The molecule has 1 nitrogen and oxygen atoms in total. The predicted molar refractivity (Wildman–Crippen MR) is 77.7 cm³/mol. The van der Waals surface area contributed by atoms with E-state index in [2.05, 4.69) is 4.84 Å². The second kappa shape index (κ2) is 6.82. The van der Waals surface area contributed by atoms with Gasteiger partial charge in [0, 0.05) is 12.0 Å². The van der Waals surface area contributed by atoms with E-state index in [0.717, 1.165) is 11.1 Å². The van der Waals surface area contributed by atoms with E-state index in [4.69, 9.17) is 11.8 Å². The van der Waals surface area contributed by atoms with Crippen molar-refractivity contribution < 1.29 is 8.78 Å². The third-order valence-electron chi connectivity index (χ3n) is 3.28. The average Bonchev–Trinajstić information content (AvgIpc) is 2.44. The first-order valence-corrected chi connectivity index (χ1v) is 6.85. The van der Waals surface area contributed by atoms with Crippen molar-refractivity contribution in [3.8, 4) is 0 Å². The monoisotopic (exact) mass is 295 g/mol. The lowest BCUT2D eigenvalue weighted by molar-refractivity contribution is 0.564. The summed E-state index contributed by atoms with van der Waals surface area (Å²) in [7, 11) is 0. The Morgan fingerprint density at radius 3 is 1.90 bits per heavy atom. The van der Waals surface area contributed by atoms with Crippen molar-refractivity contribution in [2.45, 2.75) is 25.3 Å². The molecule has 0 radical (unpaired) electrons. The molecule has 2 aromatic carbocycles. The highest BCUT2D eigenvalue weighted by Crippen LogP contribution is 2.30. The van der Waals surface area contributed by atoms with Crippen LogP contribution in [0.25, 0.3) is 0 Å². The summed E-state index contributed by atoms with van der Waals surface area (Å²) in [6, 6.07) is 12.8. The summed E-state index contributed by atoms with van der Waals surface area (Å²) in [4.78, 5) is 2.65. The summed E-state index contributed by atoms with van der Waals surface area (Å²) in [6.07, 6.45) is 0.649. The maximum absolute atomic E-state index is 13.4. The molecule has 106 valence electrons. The van der Waals surface area contributed by atoms with Crippen molar-refractivity contribution in [3.05, 3.63) is 71.3 Å². The smallest absolute Gasteiger partial charge is 0.123 e.